The SMILES string of the molecule is CC(NC(=O)c1nc(-c2ccc(F)cc2)n2ccccc12)C(C)(C)C. The second-order valence-electron chi connectivity index (χ2n) is 7.31. The zero-order chi connectivity index (χ0) is 18.2. The van der Waals surface area contributed by atoms with Crippen LogP contribution >= 0.6 is 0 Å². The fourth-order valence-electron chi connectivity index (χ4n) is 2.49. The number of hydrogen-bond acceptors (Lipinski definition) is 2. The molecule has 0 radical (unpaired) electrons. The van der Waals surface area contributed by atoms with E-state index < -0.39 is 0 Å². The summed E-state index contributed by atoms with van der Waals surface area (Å²) in [5.74, 6) is 0.102. The topological polar surface area (TPSA) is 46.4 Å². The third-order valence-electron chi connectivity index (χ3n) is 4.51. The van der Waals surface area contributed by atoms with Gasteiger partial charge in [-0.25, -0.2) is 9.37 Å². The summed E-state index contributed by atoms with van der Waals surface area (Å²) in [6.07, 6.45) is 1.85. The lowest BCUT2D eigenvalue weighted by molar-refractivity contribution is 0.0907. The minimum atomic E-state index is -0.304. The number of carbonyl (C=O) groups excluding carboxylic acids is 1. The van der Waals surface area contributed by atoms with Crippen molar-refractivity contribution in [3.05, 3.63) is 60.2 Å². The first-order chi connectivity index (χ1) is 11.8. The van der Waals surface area contributed by atoms with Crippen LogP contribution < -0.4 is 5.32 Å². The standard InChI is InChI=1S/C20H22FN3O/c1-13(20(2,3)4)22-19(25)17-16-7-5-6-12-24(16)18(23-17)14-8-10-15(21)11-9-14/h5-13H,1-4H3,(H,22,25). The summed E-state index contributed by atoms with van der Waals surface area (Å²) in [6, 6.07) is 11.7. The molecular formula is C20H22FN3O. The van der Waals surface area contributed by atoms with Gasteiger partial charge < -0.3 is 5.32 Å². The molecular weight excluding hydrogens is 317 g/mol. The molecule has 0 fully saturated rings. The number of rotatable bonds is 3. The number of amides is 1. The molecule has 0 saturated heterocycles. The average Bonchev–Trinajstić information content (AvgIpc) is 2.94. The van der Waals surface area contributed by atoms with E-state index in [1.54, 1.807) is 12.1 Å². The molecule has 0 saturated carbocycles. The maximum Gasteiger partial charge on any atom is 0.272 e. The fourth-order valence-corrected chi connectivity index (χ4v) is 2.49. The molecule has 1 amide bonds. The number of halogens is 1. The van der Waals surface area contributed by atoms with Crippen LogP contribution in [-0.2, 0) is 0 Å². The number of nitrogens with one attached hydrogen (secondary N) is 1. The summed E-state index contributed by atoms with van der Waals surface area (Å²) in [5, 5.41) is 3.03. The van der Waals surface area contributed by atoms with Gasteiger partial charge in [0.2, 0.25) is 0 Å². The molecule has 130 valence electrons. The maximum absolute atomic E-state index is 13.2. The molecule has 0 aliphatic rings. The molecule has 1 aromatic carbocycles. The minimum absolute atomic E-state index is 0.00488. The Labute approximate surface area is 146 Å². The zero-order valence-electron chi connectivity index (χ0n) is 14.9. The van der Waals surface area contributed by atoms with Gasteiger partial charge in [0.05, 0.1) is 5.52 Å². The first-order valence-corrected chi connectivity index (χ1v) is 8.31. The van der Waals surface area contributed by atoms with Crippen LogP contribution in [0.4, 0.5) is 4.39 Å². The second kappa shape index (κ2) is 6.31. The lowest BCUT2D eigenvalue weighted by atomic mass is 9.88. The largest absolute Gasteiger partial charge is 0.348 e. The third kappa shape index (κ3) is 3.40. The van der Waals surface area contributed by atoms with Gasteiger partial charge in [0.25, 0.3) is 5.91 Å². The van der Waals surface area contributed by atoms with Crippen molar-refractivity contribution in [3.63, 3.8) is 0 Å². The fraction of sp³-hybridized carbons (Fsp3) is 0.300. The molecule has 1 unspecified atom stereocenters. The van der Waals surface area contributed by atoms with Gasteiger partial charge >= 0.3 is 0 Å². The summed E-state index contributed by atoms with van der Waals surface area (Å²) in [5.41, 5.74) is 1.80. The van der Waals surface area contributed by atoms with Crippen molar-refractivity contribution < 1.29 is 9.18 Å². The molecule has 1 atom stereocenters. The lowest BCUT2D eigenvalue weighted by Crippen LogP contribution is -2.41. The van der Waals surface area contributed by atoms with E-state index >= 15 is 0 Å². The molecule has 2 heterocycles. The molecule has 0 aliphatic carbocycles. The Kier molecular flexibility index (Phi) is 4.33. The van der Waals surface area contributed by atoms with Gasteiger partial charge in [-0.2, -0.15) is 0 Å². The van der Waals surface area contributed by atoms with Crippen molar-refractivity contribution in [2.45, 2.75) is 33.7 Å². The Morgan fingerprint density at radius 2 is 1.84 bits per heavy atom. The van der Waals surface area contributed by atoms with E-state index in [0.29, 0.717) is 11.5 Å². The van der Waals surface area contributed by atoms with Crippen LogP contribution in [0.3, 0.4) is 0 Å². The lowest BCUT2D eigenvalue weighted by Gasteiger charge is -2.27. The van der Waals surface area contributed by atoms with Crippen LogP contribution in [0.25, 0.3) is 16.9 Å². The molecule has 1 N–H and O–H groups in total. The van der Waals surface area contributed by atoms with E-state index in [2.05, 4.69) is 31.1 Å². The van der Waals surface area contributed by atoms with Crippen LogP contribution in [0.2, 0.25) is 0 Å². The van der Waals surface area contributed by atoms with Crippen LogP contribution in [0.15, 0.2) is 48.7 Å². The van der Waals surface area contributed by atoms with Crippen LogP contribution in [0, 0.1) is 11.2 Å². The van der Waals surface area contributed by atoms with Gasteiger partial charge in [-0.05, 0) is 48.7 Å². The Hall–Kier alpha value is -2.69. The highest BCUT2D eigenvalue weighted by Gasteiger charge is 2.25. The molecule has 0 aliphatic heterocycles. The first kappa shape index (κ1) is 17.1. The van der Waals surface area contributed by atoms with Gasteiger partial charge in [-0.1, -0.05) is 26.8 Å². The molecule has 2 aromatic heterocycles. The monoisotopic (exact) mass is 339 g/mol. The molecule has 5 heteroatoms. The van der Waals surface area contributed by atoms with Gasteiger partial charge in [0, 0.05) is 17.8 Å². The minimum Gasteiger partial charge on any atom is -0.348 e. The molecule has 4 nitrogen and oxygen atoms in total. The predicted octanol–water partition coefficient (Wildman–Crippen LogP) is 4.30. The Morgan fingerprint density at radius 3 is 2.48 bits per heavy atom. The highest BCUT2D eigenvalue weighted by molar-refractivity contribution is 6.00. The Bertz CT molecular complexity index is 907. The van der Waals surface area contributed by atoms with Crippen molar-refractivity contribution in [2.24, 2.45) is 5.41 Å². The van der Waals surface area contributed by atoms with Crippen LogP contribution in [0.5, 0.6) is 0 Å². The van der Waals surface area contributed by atoms with Crippen molar-refractivity contribution in [2.75, 3.05) is 0 Å². The van der Waals surface area contributed by atoms with E-state index in [9.17, 15) is 9.18 Å². The number of pyridine rings is 1. The number of imidazole rings is 1. The van der Waals surface area contributed by atoms with Gasteiger partial charge in [-0.15, -0.1) is 0 Å². The Balaban J connectivity index is 2.05. The summed E-state index contributed by atoms with van der Waals surface area (Å²) in [4.78, 5) is 17.3. The van der Waals surface area contributed by atoms with E-state index in [1.165, 1.54) is 12.1 Å². The number of hydrogen-bond donors (Lipinski definition) is 1. The average molecular weight is 339 g/mol. The smallest absolute Gasteiger partial charge is 0.272 e. The third-order valence-corrected chi connectivity index (χ3v) is 4.51. The number of carbonyl (C=O) groups is 1. The van der Waals surface area contributed by atoms with Crippen molar-refractivity contribution in [3.8, 4) is 11.4 Å². The van der Waals surface area contributed by atoms with Crippen molar-refractivity contribution >= 4 is 11.4 Å². The second-order valence-corrected chi connectivity index (χ2v) is 7.31. The van der Waals surface area contributed by atoms with E-state index in [1.807, 2.05) is 35.7 Å². The van der Waals surface area contributed by atoms with E-state index in [0.717, 1.165) is 11.1 Å². The van der Waals surface area contributed by atoms with Gasteiger partial charge in [0.1, 0.15) is 11.6 Å². The molecule has 25 heavy (non-hydrogen) atoms. The Morgan fingerprint density at radius 1 is 1.16 bits per heavy atom. The normalized spacial score (nSPS) is 13.0. The number of nitrogens with zero attached hydrogens (tertiary/aromatic N) is 2. The summed E-state index contributed by atoms with van der Waals surface area (Å²) in [6.45, 7) is 8.21. The predicted molar refractivity (Wildman–Crippen MR) is 97.0 cm³/mol. The highest BCUT2D eigenvalue weighted by atomic mass is 19.1. The summed E-state index contributed by atoms with van der Waals surface area (Å²) >= 11 is 0. The number of fused-ring (bicyclic) bond motifs is 1. The van der Waals surface area contributed by atoms with Crippen LogP contribution in [0.1, 0.15) is 38.2 Å². The number of aromatic nitrogens is 2. The molecule has 0 bridgehead atoms. The van der Waals surface area contributed by atoms with E-state index in [4.69, 9.17) is 0 Å². The number of benzene rings is 1. The van der Waals surface area contributed by atoms with Crippen LogP contribution in [-0.4, -0.2) is 21.3 Å². The van der Waals surface area contributed by atoms with Gasteiger partial charge in [-0.3, -0.25) is 9.20 Å². The van der Waals surface area contributed by atoms with Crippen molar-refractivity contribution in [1.29, 1.82) is 0 Å². The molecule has 3 aromatic rings. The molecule has 3 rings (SSSR count). The maximum atomic E-state index is 13.2. The highest BCUT2D eigenvalue weighted by Crippen LogP contribution is 2.24. The van der Waals surface area contributed by atoms with Gasteiger partial charge in [0.15, 0.2) is 5.69 Å². The first-order valence-electron chi connectivity index (χ1n) is 8.31. The summed E-state index contributed by atoms with van der Waals surface area (Å²) < 4.78 is 15.1. The van der Waals surface area contributed by atoms with Crippen molar-refractivity contribution in [1.82, 2.24) is 14.7 Å². The quantitative estimate of drug-likeness (QED) is 0.773. The van der Waals surface area contributed by atoms with E-state index in [-0.39, 0.29) is 23.2 Å². The zero-order valence-corrected chi connectivity index (χ0v) is 14.9. The summed E-state index contributed by atoms with van der Waals surface area (Å²) in [7, 11) is 0. The molecule has 0 spiro atoms.